The Balaban J connectivity index is 1.36. The number of hydrogen-bond donors (Lipinski definition) is 4. The number of imidazole rings is 1. The molecular weight excluding hydrogens is 743 g/mol. The van der Waals surface area contributed by atoms with Gasteiger partial charge in [0.05, 0.1) is 0 Å². The summed E-state index contributed by atoms with van der Waals surface area (Å²) in [6.45, 7) is 6.66. The van der Waals surface area contributed by atoms with Crippen LogP contribution in [0.25, 0.3) is 11.0 Å². The zero-order valence-corrected chi connectivity index (χ0v) is 31.4. The van der Waals surface area contributed by atoms with Crippen LogP contribution in [0.15, 0.2) is 42.5 Å². The third kappa shape index (κ3) is 7.05. The number of rotatable bonds is 14. The zero-order chi connectivity index (χ0) is 34.2. The molecule has 3 aliphatic carbocycles. The summed E-state index contributed by atoms with van der Waals surface area (Å²) in [6, 6.07) is 13.4. The Kier molecular flexibility index (Phi) is 10.3. The molecule has 2 aromatic carbocycles. The van der Waals surface area contributed by atoms with Gasteiger partial charge in [-0.1, -0.05) is 0 Å². The van der Waals surface area contributed by atoms with E-state index in [-0.39, 0.29) is 45.8 Å². The van der Waals surface area contributed by atoms with Crippen molar-refractivity contribution >= 4 is 60.6 Å². The first-order valence-corrected chi connectivity index (χ1v) is 20.8. The number of benzene rings is 2. The molecule has 3 saturated carbocycles. The van der Waals surface area contributed by atoms with Gasteiger partial charge in [-0.25, -0.2) is 0 Å². The first-order chi connectivity index (χ1) is 23.0. The van der Waals surface area contributed by atoms with Crippen molar-refractivity contribution < 1.29 is 19.1 Å². The number of methoxy groups -OCH3 is 1. The molecule has 10 nitrogen and oxygen atoms in total. The van der Waals surface area contributed by atoms with Crippen LogP contribution in [0.1, 0.15) is 80.8 Å². The fourth-order valence-corrected chi connectivity index (χ4v) is 13.5. The van der Waals surface area contributed by atoms with Crippen LogP contribution < -0.4 is 14.2 Å². The number of halogens is 2. The number of ether oxygens (including phenoxy) is 1. The number of carbonyl (C=O) groups is 3. The van der Waals surface area contributed by atoms with Crippen LogP contribution in [0.4, 0.5) is 4.79 Å². The molecule has 0 saturated heterocycles. The van der Waals surface area contributed by atoms with E-state index >= 15 is 0 Å². The van der Waals surface area contributed by atoms with E-state index in [1.165, 1.54) is 0 Å². The van der Waals surface area contributed by atoms with Gasteiger partial charge in [-0.3, -0.25) is 0 Å². The predicted octanol–water partition coefficient (Wildman–Crippen LogP) is 6.48. The van der Waals surface area contributed by atoms with Crippen molar-refractivity contribution in [3.05, 3.63) is 62.4 Å². The summed E-state index contributed by atoms with van der Waals surface area (Å²) in [6.07, 6.45) is 7.04. The van der Waals surface area contributed by atoms with Crippen LogP contribution in [-0.2, 0) is 19.7 Å². The van der Waals surface area contributed by atoms with Gasteiger partial charge in [0, 0.05) is 0 Å². The minimum absolute atomic E-state index is 0.00157. The molecule has 0 spiro atoms. The van der Waals surface area contributed by atoms with E-state index in [2.05, 4.69) is 32.1 Å². The summed E-state index contributed by atoms with van der Waals surface area (Å²) in [5.74, 6) is -0.274. The molecule has 48 heavy (non-hydrogen) atoms. The minimum atomic E-state index is -2.65. The number of alkyl halides is 1. The van der Waals surface area contributed by atoms with Crippen LogP contribution in [0, 0.1) is 15.2 Å². The Morgan fingerprint density at radius 3 is 2.50 bits per heavy atom. The summed E-state index contributed by atoms with van der Waals surface area (Å²) in [4.78, 5) is 51.2. The average Bonchev–Trinajstić information content (AvgIpc) is 3.97. The van der Waals surface area contributed by atoms with Gasteiger partial charge in [-0.15, -0.1) is 0 Å². The molecule has 4 amide bonds. The second kappa shape index (κ2) is 14.1. The third-order valence-electron chi connectivity index (χ3n) is 10.4. The number of aromatic amines is 1. The molecule has 4 N–H and O–H groups in total. The number of aromatic nitrogens is 2. The average molecular weight is 791 g/mol. The number of fused-ring (bicyclic) bond motifs is 1. The van der Waals surface area contributed by atoms with Crippen molar-refractivity contribution in [2.24, 2.45) is 11.3 Å². The van der Waals surface area contributed by atoms with Crippen molar-refractivity contribution in [2.45, 2.75) is 87.1 Å². The number of hydrogen-bond acceptors (Lipinski definition) is 5. The Morgan fingerprint density at radius 2 is 1.90 bits per heavy atom. The van der Waals surface area contributed by atoms with Gasteiger partial charge in [0.2, 0.25) is 0 Å². The van der Waals surface area contributed by atoms with E-state index in [9.17, 15) is 14.4 Å². The van der Waals surface area contributed by atoms with Crippen LogP contribution in [0.5, 0.6) is 0 Å². The van der Waals surface area contributed by atoms with Gasteiger partial charge in [0.15, 0.2) is 0 Å². The third-order valence-corrected chi connectivity index (χ3v) is 16.8. The fraction of sp³-hybridized carbons (Fsp3) is 0.556. The normalized spacial score (nSPS) is 19.8. The van der Waals surface area contributed by atoms with Crippen LogP contribution in [0.2, 0.25) is 5.02 Å². The molecule has 260 valence electrons. The Morgan fingerprint density at radius 1 is 1.17 bits per heavy atom. The number of likely N-dealkylation sites (N-methyl/N-ethyl adjacent to an activating group) is 1. The fourth-order valence-electron chi connectivity index (χ4n) is 6.61. The number of urea groups is 1. The number of amides is 4. The van der Waals surface area contributed by atoms with Gasteiger partial charge in [0.1, 0.15) is 0 Å². The van der Waals surface area contributed by atoms with E-state index in [1.807, 2.05) is 62.2 Å². The molecule has 0 bridgehead atoms. The van der Waals surface area contributed by atoms with Crippen LogP contribution >= 0.6 is 31.7 Å². The van der Waals surface area contributed by atoms with Crippen molar-refractivity contribution in [1.82, 2.24) is 29.0 Å². The molecule has 1 heterocycles. The maximum atomic E-state index is 14.1. The second-order valence-electron chi connectivity index (χ2n) is 14.2. The van der Waals surface area contributed by atoms with E-state index in [1.54, 1.807) is 7.11 Å². The topological polar surface area (TPSA) is 128 Å². The SMILES string of the molecule is CCNC(=O)[C@H](NC(=O)C(C)(COC)c1ccc2nc(I(NC(=O)N(C)C3CC3)[C@H](c3ccccc3Cl)C3(C)CC3)[nH]c2c1)C1CCC1. The number of nitrogens with zero attached hydrogens (tertiary/aromatic N) is 2. The molecule has 6 rings (SSSR count). The monoisotopic (exact) mass is 790 g/mol. The number of carbonyl (C=O) groups excluding carboxylic acids is 3. The molecule has 1 unspecified atom stereocenters. The number of H-pyrrole nitrogens is 1. The second-order valence-corrected chi connectivity index (χ2v) is 19.2. The molecule has 1 aromatic heterocycles. The van der Waals surface area contributed by atoms with Gasteiger partial charge in [0.25, 0.3) is 0 Å². The van der Waals surface area contributed by atoms with E-state index in [4.69, 9.17) is 21.3 Å². The van der Waals surface area contributed by atoms with Crippen molar-refractivity contribution in [3.63, 3.8) is 0 Å². The van der Waals surface area contributed by atoms with E-state index < -0.39 is 31.5 Å². The summed E-state index contributed by atoms with van der Waals surface area (Å²) in [5.41, 5.74) is 2.28. The maximum absolute atomic E-state index is 14.1. The van der Waals surface area contributed by atoms with Gasteiger partial charge in [-0.2, -0.15) is 0 Å². The predicted molar refractivity (Wildman–Crippen MR) is 197 cm³/mol. The Bertz CT molecular complexity index is 1670. The summed E-state index contributed by atoms with van der Waals surface area (Å²) in [5, 5.41) is 6.69. The molecule has 3 aromatic rings. The van der Waals surface area contributed by atoms with E-state index in [0.29, 0.717) is 11.6 Å². The van der Waals surface area contributed by atoms with Crippen LogP contribution in [0.3, 0.4) is 0 Å². The van der Waals surface area contributed by atoms with Gasteiger partial charge in [-0.05, 0) is 6.92 Å². The Hall–Kier alpha value is -2.90. The molecule has 3 aliphatic rings. The van der Waals surface area contributed by atoms with E-state index in [0.717, 1.165) is 70.9 Å². The van der Waals surface area contributed by atoms with Gasteiger partial charge >= 0.3 is 290 Å². The van der Waals surface area contributed by atoms with Crippen molar-refractivity contribution in [1.29, 1.82) is 0 Å². The molecule has 12 heteroatoms. The summed E-state index contributed by atoms with van der Waals surface area (Å²) < 4.78 is 9.94. The summed E-state index contributed by atoms with van der Waals surface area (Å²) in [7, 11) is 3.45. The molecule has 3 atom stereocenters. The first kappa shape index (κ1) is 34.9. The first-order valence-electron chi connectivity index (χ1n) is 17.0. The molecule has 0 radical (unpaired) electrons. The number of nitrogens with one attached hydrogen (secondary N) is 4. The zero-order valence-electron chi connectivity index (χ0n) is 28.5. The quantitative estimate of drug-likeness (QED) is 0.0846. The van der Waals surface area contributed by atoms with Crippen LogP contribution in [-0.4, -0.2) is 72.1 Å². The van der Waals surface area contributed by atoms with Crippen molar-refractivity contribution in [3.8, 4) is 0 Å². The molecular formula is C36H48ClIN6O4. The molecule has 0 aliphatic heterocycles. The summed E-state index contributed by atoms with van der Waals surface area (Å²) >= 11 is 4.20. The Labute approximate surface area is 295 Å². The molecule has 3 fully saturated rings. The van der Waals surface area contributed by atoms with Crippen molar-refractivity contribution in [2.75, 3.05) is 27.3 Å². The standard InChI is InChI=1S/C36H48ClIN6O4/c1-6-39-31(45)29(22-10-9-11-22)42-32(46)36(3,21-48-5)23-14-17-27-28(20-23)41-33(40-27)38(43-34(47)44(4)24-15-16-24)30(35(2)18-19-35)25-12-7-8-13-26(25)37/h7-8,12-14,17,20,22,24,29-30H,6,9-11,15-16,18-19,21H2,1-5H3,(H,39,45)(H,40,41)(H,42,46)(H,43,47)/t29-,30-,36?/m1/s1. The van der Waals surface area contributed by atoms with Gasteiger partial charge < -0.3 is 0 Å².